The second kappa shape index (κ2) is 14.3. The smallest absolute Gasteiger partial charge is 0.179 e. The van der Waals surface area contributed by atoms with Gasteiger partial charge in [-0.25, -0.2) is 0 Å². The van der Waals surface area contributed by atoms with Crippen molar-refractivity contribution in [1.82, 2.24) is 0 Å². The minimum Gasteiger partial charge on any atom is -0.491 e. The maximum atomic E-state index is 9.49. The van der Waals surface area contributed by atoms with Crippen LogP contribution in [-0.4, -0.2) is 60.3 Å². The molecule has 2 unspecified atom stereocenters. The quantitative estimate of drug-likeness (QED) is 0.215. The standard InChI is InChI=1S/C19H22Cl3NO6S.H2S/c1-23(12-2-4-15(5-3-12)27-11-14(26)9-24)30-29-16-6-17(21)19(18(22)7-16)28-10-13(25)8-20;/h2-7,13-14,24-26H,8-11H2,1H3;1H2. The van der Waals surface area contributed by atoms with Crippen molar-refractivity contribution in [2.75, 3.05) is 37.1 Å². The zero-order valence-corrected chi connectivity index (χ0v) is 20.6. The summed E-state index contributed by atoms with van der Waals surface area (Å²) >= 11 is 19.0. The summed E-state index contributed by atoms with van der Waals surface area (Å²) in [6, 6.07) is 10.2. The maximum absolute atomic E-state index is 9.49. The molecular weight excluding hydrogens is 509 g/mol. The third-order valence-corrected chi connectivity index (χ3v) is 5.29. The Balaban J connectivity index is 0.00000480. The van der Waals surface area contributed by atoms with E-state index in [9.17, 15) is 10.2 Å². The van der Waals surface area contributed by atoms with Gasteiger partial charge in [-0.2, -0.15) is 13.5 Å². The molecule has 3 N–H and O–H groups in total. The molecule has 0 saturated heterocycles. The number of aliphatic hydroxyl groups excluding tert-OH is 3. The van der Waals surface area contributed by atoms with E-state index in [0.717, 1.165) is 17.9 Å². The zero-order valence-electron chi connectivity index (χ0n) is 16.5. The monoisotopic (exact) mass is 531 g/mol. The van der Waals surface area contributed by atoms with Crippen molar-refractivity contribution in [2.24, 2.45) is 0 Å². The third-order valence-electron chi connectivity index (χ3n) is 3.67. The average Bonchev–Trinajstić information content (AvgIpc) is 2.75. The van der Waals surface area contributed by atoms with Gasteiger partial charge in [-0.1, -0.05) is 23.2 Å². The van der Waals surface area contributed by atoms with Gasteiger partial charge in [0, 0.05) is 24.9 Å². The Morgan fingerprint density at radius 1 is 0.968 bits per heavy atom. The number of hydrogen-bond acceptors (Lipinski definition) is 8. The number of anilines is 1. The lowest BCUT2D eigenvalue weighted by Crippen LogP contribution is -2.21. The van der Waals surface area contributed by atoms with Crippen LogP contribution in [0.25, 0.3) is 0 Å². The summed E-state index contributed by atoms with van der Waals surface area (Å²) in [4.78, 5) is 0. The molecule has 2 atom stereocenters. The molecule has 0 aliphatic rings. The Morgan fingerprint density at radius 2 is 1.55 bits per heavy atom. The molecule has 2 aromatic carbocycles. The minimum absolute atomic E-state index is 0. The molecule has 0 aliphatic heterocycles. The Hall–Kier alpha value is -0.910. The number of halogens is 3. The van der Waals surface area contributed by atoms with Gasteiger partial charge < -0.3 is 29.0 Å². The van der Waals surface area contributed by atoms with Crippen molar-refractivity contribution in [2.45, 2.75) is 12.2 Å². The maximum Gasteiger partial charge on any atom is 0.179 e. The van der Waals surface area contributed by atoms with Crippen LogP contribution < -0.4 is 18.0 Å². The molecule has 0 bridgehead atoms. The van der Waals surface area contributed by atoms with Gasteiger partial charge >= 0.3 is 0 Å². The van der Waals surface area contributed by atoms with Crippen LogP contribution in [0.4, 0.5) is 5.69 Å². The van der Waals surface area contributed by atoms with Crippen molar-refractivity contribution in [3.05, 3.63) is 46.4 Å². The molecular formula is C19H24Cl3NO6S2. The van der Waals surface area contributed by atoms with E-state index >= 15 is 0 Å². The van der Waals surface area contributed by atoms with Crippen LogP contribution in [0, 0.1) is 0 Å². The van der Waals surface area contributed by atoms with Crippen LogP contribution in [0.2, 0.25) is 10.0 Å². The summed E-state index contributed by atoms with van der Waals surface area (Å²) in [6.45, 7) is -0.375. The van der Waals surface area contributed by atoms with Crippen molar-refractivity contribution in [3.63, 3.8) is 0 Å². The number of benzene rings is 2. The Morgan fingerprint density at radius 3 is 2.10 bits per heavy atom. The van der Waals surface area contributed by atoms with Crippen molar-refractivity contribution < 1.29 is 29.0 Å². The molecule has 31 heavy (non-hydrogen) atoms. The van der Waals surface area contributed by atoms with E-state index in [4.69, 9.17) is 53.6 Å². The summed E-state index contributed by atoms with van der Waals surface area (Å²) in [5.41, 5.74) is 0.835. The third kappa shape index (κ3) is 9.23. The largest absolute Gasteiger partial charge is 0.491 e. The van der Waals surface area contributed by atoms with Crippen LogP contribution in [0.3, 0.4) is 0 Å². The molecule has 0 saturated carbocycles. The van der Waals surface area contributed by atoms with Gasteiger partial charge in [-0.15, -0.1) is 11.6 Å². The number of alkyl halides is 1. The van der Waals surface area contributed by atoms with E-state index in [1.54, 1.807) is 28.6 Å². The van der Waals surface area contributed by atoms with Crippen LogP contribution in [0.5, 0.6) is 17.2 Å². The summed E-state index contributed by atoms with van der Waals surface area (Å²) in [6.07, 6.45) is -1.74. The van der Waals surface area contributed by atoms with Crippen LogP contribution in [0.1, 0.15) is 0 Å². The van der Waals surface area contributed by atoms with Gasteiger partial charge in [0.1, 0.15) is 36.9 Å². The molecule has 0 aliphatic carbocycles. The molecule has 0 spiro atoms. The Bertz CT molecular complexity index is 780. The fourth-order valence-electron chi connectivity index (χ4n) is 2.09. The summed E-state index contributed by atoms with van der Waals surface area (Å²) in [7, 11) is 1.81. The number of hydrogen-bond donors (Lipinski definition) is 3. The minimum atomic E-state index is -0.919. The van der Waals surface area contributed by atoms with E-state index in [-0.39, 0.29) is 55.0 Å². The van der Waals surface area contributed by atoms with E-state index < -0.39 is 12.2 Å². The van der Waals surface area contributed by atoms with Crippen molar-refractivity contribution >= 4 is 66.2 Å². The highest BCUT2D eigenvalue weighted by molar-refractivity contribution is 7.96. The van der Waals surface area contributed by atoms with Gasteiger partial charge in [-0.3, -0.25) is 4.31 Å². The average molecular weight is 533 g/mol. The van der Waals surface area contributed by atoms with Gasteiger partial charge in [0.2, 0.25) is 0 Å². The summed E-state index contributed by atoms with van der Waals surface area (Å²) in [5, 5.41) is 28.1. The molecule has 12 heteroatoms. The SMILES string of the molecule is CN(SOc1cc(Cl)c(OCC(O)CCl)c(Cl)c1)c1ccc(OCC(O)CO)cc1.S. The summed E-state index contributed by atoms with van der Waals surface area (Å²) < 4.78 is 18.2. The zero-order chi connectivity index (χ0) is 22.1. The molecule has 174 valence electrons. The lowest BCUT2D eigenvalue weighted by Gasteiger charge is -2.18. The van der Waals surface area contributed by atoms with E-state index in [2.05, 4.69) is 0 Å². The highest BCUT2D eigenvalue weighted by Crippen LogP contribution is 2.38. The topological polar surface area (TPSA) is 91.6 Å². The van der Waals surface area contributed by atoms with Crippen LogP contribution in [0.15, 0.2) is 36.4 Å². The lowest BCUT2D eigenvalue weighted by molar-refractivity contribution is 0.0536. The lowest BCUT2D eigenvalue weighted by atomic mass is 10.3. The van der Waals surface area contributed by atoms with Gasteiger partial charge in [-0.05, 0) is 24.3 Å². The number of rotatable bonds is 12. The predicted molar refractivity (Wildman–Crippen MR) is 131 cm³/mol. The fourth-order valence-corrected chi connectivity index (χ4v) is 3.25. The van der Waals surface area contributed by atoms with Crippen molar-refractivity contribution in [1.29, 1.82) is 0 Å². The first-order chi connectivity index (χ1) is 14.3. The molecule has 0 radical (unpaired) electrons. The van der Waals surface area contributed by atoms with E-state index in [0.29, 0.717) is 11.5 Å². The van der Waals surface area contributed by atoms with Gasteiger partial charge in [0.05, 0.1) is 22.5 Å². The number of ether oxygens (including phenoxy) is 2. The molecule has 2 rings (SSSR count). The highest BCUT2D eigenvalue weighted by atomic mass is 35.5. The molecule has 7 nitrogen and oxygen atoms in total. The predicted octanol–water partition coefficient (Wildman–Crippen LogP) is 3.90. The molecule has 0 amide bonds. The molecule has 0 fully saturated rings. The van der Waals surface area contributed by atoms with E-state index in [1.165, 1.54) is 0 Å². The molecule has 0 aromatic heterocycles. The number of nitrogens with zero attached hydrogens (tertiary/aromatic N) is 1. The molecule has 2 aromatic rings. The summed E-state index contributed by atoms with van der Waals surface area (Å²) in [5.74, 6) is 1.27. The van der Waals surface area contributed by atoms with Gasteiger partial charge in [0.25, 0.3) is 0 Å². The normalized spacial score (nSPS) is 12.5. The Kier molecular flexibility index (Phi) is 13.0. The van der Waals surface area contributed by atoms with Crippen LogP contribution in [-0.2, 0) is 0 Å². The number of aliphatic hydroxyl groups is 3. The first-order valence-electron chi connectivity index (χ1n) is 8.80. The second-order valence-corrected chi connectivity index (χ2v) is 8.12. The van der Waals surface area contributed by atoms with Gasteiger partial charge in [0.15, 0.2) is 18.0 Å². The van der Waals surface area contributed by atoms with E-state index in [1.807, 2.05) is 19.2 Å². The second-order valence-electron chi connectivity index (χ2n) is 6.13. The Labute approximate surface area is 207 Å². The highest BCUT2D eigenvalue weighted by Gasteiger charge is 2.14. The van der Waals surface area contributed by atoms with Crippen LogP contribution >= 0.6 is 60.5 Å². The first-order valence-corrected chi connectivity index (χ1v) is 10.8. The fraction of sp³-hybridized carbons (Fsp3) is 0.368. The van der Waals surface area contributed by atoms with Crippen molar-refractivity contribution in [3.8, 4) is 17.2 Å². The molecule has 0 heterocycles. The first kappa shape index (κ1) is 28.1.